The smallest absolute Gasteiger partial charge is 0.258 e. The SMILES string of the molecule is O=C(Nc1ccc(-c2nnco2)cc1)c1cccnc1Br. The van der Waals surface area contributed by atoms with Gasteiger partial charge in [0, 0.05) is 17.4 Å². The van der Waals surface area contributed by atoms with Crippen LogP contribution < -0.4 is 5.32 Å². The Kier molecular flexibility index (Phi) is 3.74. The summed E-state index contributed by atoms with van der Waals surface area (Å²) in [7, 11) is 0. The largest absolute Gasteiger partial charge is 0.423 e. The molecule has 21 heavy (non-hydrogen) atoms. The van der Waals surface area contributed by atoms with Crippen molar-refractivity contribution >= 4 is 27.5 Å². The van der Waals surface area contributed by atoms with Crippen molar-refractivity contribution in [2.75, 3.05) is 5.32 Å². The number of benzene rings is 1. The molecule has 3 aromatic rings. The Morgan fingerprint density at radius 3 is 2.67 bits per heavy atom. The Balaban J connectivity index is 1.77. The fourth-order valence-corrected chi connectivity index (χ4v) is 2.18. The van der Waals surface area contributed by atoms with Crippen molar-refractivity contribution in [1.82, 2.24) is 15.2 Å². The highest BCUT2D eigenvalue weighted by atomic mass is 79.9. The maximum Gasteiger partial charge on any atom is 0.258 e. The number of anilines is 1. The molecule has 1 amide bonds. The summed E-state index contributed by atoms with van der Waals surface area (Å²) in [6.45, 7) is 0. The molecule has 0 saturated carbocycles. The van der Waals surface area contributed by atoms with Gasteiger partial charge in [0.1, 0.15) is 4.60 Å². The van der Waals surface area contributed by atoms with E-state index in [1.807, 2.05) is 0 Å². The van der Waals surface area contributed by atoms with Gasteiger partial charge in [-0.3, -0.25) is 4.79 Å². The molecule has 0 aliphatic carbocycles. The van der Waals surface area contributed by atoms with Gasteiger partial charge in [-0.25, -0.2) is 4.98 Å². The van der Waals surface area contributed by atoms with Crippen LogP contribution in [0.25, 0.3) is 11.5 Å². The normalized spacial score (nSPS) is 10.3. The number of nitrogens with one attached hydrogen (secondary N) is 1. The topological polar surface area (TPSA) is 80.9 Å². The second-order valence-corrected chi connectivity index (χ2v) is 4.87. The molecule has 104 valence electrons. The maximum atomic E-state index is 12.1. The predicted molar refractivity (Wildman–Crippen MR) is 79.6 cm³/mol. The van der Waals surface area contributed by atoms with E-state index in [-0.39, 0.29) is 5.91 Å². The van der Waals surface area contributed by atoms with Crippen LogP contribution in [-0.4, -0.2) is 21.1 Å². The quantitative estimate of drug-likeness (QED) is 0.738. The van der Waals surface area contributed by atoms with Gasteiger partial charge in [-0.15, -0.1) is 10.2 Å². The van der Waals surface area contributed by atoms with Gasteiger partial charge >= 0.3 is 0 Å². The lowest BCUT2D eigenvalue weighted by atomic mass is 10.2. The van der Waals surface area contributed by atoms with E-state index in [1.54, 1.807) is 42.6 Å². The van der Waals surface area contributed by atoms with Gasteiger partial charge in [0.25, 0.3) is 5.91 Å². The average Bonchev–Trinajstić information content (AvgIpc) is 3.02. The number of pyridine rings is 1. The lowest BCUT2D eigenvalue weighted by Gasteiger charge is -2.06. The average molecular weight is 345 g/mol. The van der Waals surface area contributed by atoms with E-state index in [9.17, 15) is 4.79 Å². The third kappa shape index (κ3) is 2.97. The van der Waals surface area contributed by atoms with E-state index in [1.165, 1.54) is 6.39 Å². The molecule has 2 heterocycles. The summed E-state index contributed by atoms with van der Waals surface area (Å²) < 4.78 is 5.61. The molecule has 0 spiro atoms. The van der Waals surface area contributed by atoms with E-state index in [4.69, 9.17) is 4.42 Å². The number of nitrogens with zero attached hydrogens (tertiary/aromatic N) is 3. The third-order valence-corrected chi connectivity index (χ3v) is 3.39. The molecule has 0 unspecified atom stereocenters. The van der Waals surface area contributed by atoms with Gasteiger partial charge in [0.05, 0.1) is 5.56 Å². The van der Waals surface area contributed by atoms with Crippen LogP contribution in [0, 0.1) is 0 Å². The molecule has 0 radical (unpaired) electrons. The van der Waals surface area contributed by atoms with Gasteiger partial charge in [0.15, 0.2) is 0 Å². The van der Waals surface area contributed by atoms with Crippen LogP contribution >= 0.6 is 15.9 Å². The Morgan fingerprint density at radius 2 is 2.00 bits per heavy atom. The van der Waals surface area contributed by atoms with Crippen molar-refractivity contribution in [1.29, 1.82) is 0 Å². The number of rotatable bonds is 3. The van der Waals surface area contributed by atoms with Gasteiger partial charge in [-0.2, -0.15) is 0 Å². The minimum absolute atomic E-state index is 0.236. The first-order chi connectivity index (χ1) is 10.2. The Labute approximate surface area is 128 Å². The van der Waals surface area contributed by atoms with Crippen LogP contribution in [0.1, 0.15) is 10.4 Å². The zero-order chi connectivity index (χ0) is 14.7. The van der Waals surface area contributed by atoms with Crippen LogP contribution in [0.3, 0.4) is 0 Å². The number of carbonyl (C=O) groups is 1. The fourth-order valence-electron chi connectivity index (χ4n) is 1.75. The number of hydrogen-bond donors (Lipinski definition) is 1. The summed E-state index contributed by atoms with van der Waals surface area (Å²) in [6.07, 6.45) is 2.88. The van der Waals surface area contributed by atoms with Crippen LogP contribution in [0.2, 0.25) is 0 Å². The second kappa shape index (κ2) is 5.84. The number of aromatic nitrogens is 3. The molecular weight excluding hydrogens is 336 g/mol. The first-order valence-electron chi connectivity index (χ1n) is 6.02. The van der Waals surface area contributed by atoms with Crippen LogP contribution in [0.4, 0.5) is 5.69 Å². The Bertz CT molecular complexity index is 757. The van der Waals surface area contributed by atoms with Gasteiger partial charge in [-0.1, -0.05) is 0 Å². The van der Waals surface area contributed by atoms with E-state index >= 15 is 0 Å². The highest BCUT2D eigenvalue weighted by Gasteiger charge is 2.11. The van der Waals surface area contributed by atoms with Crippen LogP contribution in [0.5, 0.6) is 0 Å². The molecule has 0 aliphatic rings. The second-order valence-electron chi connectivity index (χ2n) is 4.12. The van der Waals surface area contributed by atoms with Gasteiger partial charge in [-0.05, 0) is 52.3 Å². The molecule has 0 aliphatic heterocycles. The standard InChI is InChI=1S/C14H9BrN4O2/c15-12-11(2-1-7-16-12)13(20)18-10-5-3-9(4-6-10)14-19-17-8-21-14/h1-8H,(H,18,20). The Morgan fingerprint density at radius 1 is 1.19 bits per heavy atom. The van der Waals surface area contributed by atoms with Gasteiger partial charge < -0.3 is 9.73 Å². The van der Waals surface area contributed by atoms with Crippen molar-refractivity contribution in [3.8, 4) is 11.5 Å². The maximum absolute atomic E-state index is 12.1. The minimum Gasteiger partial charge on any atom is -0.423 e. The number of carbonyl (C=O) groups excluding carboxylic acids is 1. The van der Waals surface area contributed by atoms with Crippen molar-refractivity contribution in [3.05, 3.63) is 59.2 Å². The zero-order valence-corrected chi connectivity index (χ0v) is 12.2. The minimum atomic E-state index is -0.236. The molecule has 0 saturated heterocycles. The number of amides is 1. The van der Waals surface area contributed by atoms with Crippen molar-refractivity contribution in [3.63, 3.8) is 0 Å². The fraction of sp³-hybridized carbons (Fsp3) is 0. The first-order valence-corrected chi connectivity index (χ1v) is 6.82. The molecule has 3 rings (SSSR count). The highest BCUT2D eigenvalue weighted by molar-refractivity contribution is 9.10. The highest BCUT2D eigenvalue weighted by Crippen LogP contribution is 2.20. The summed E-state index contributed by atoms with van der Waals surface area (Å²) in [6, 6.07) is 10.5. The summed E-state index contributed by atoms with van der Waals surface area (Å²) in [5.74, 6) is 0.198. The van der Waals surface area contributed by atoms with Crippen molar-refractivity contribution < 1.29 is 9.21 Å². The zero-order valence-electron chi connectivity index (χ0n) is 10.7. The molecular formula is C14H9BrN4O2. The monoisotopic (exact) mass is 344 g/mol. The lowest BCUT2D eigenvalue weighted by molar-refractivity contribution is 0.102. The molecule has 0 atom stereocenters. The molecule has 7 heteroatoms. The van der Waals surface area contributed by atoms with Crippen LogP contribution in [0.15, 0.2) is 58.0 Å². The van der Waals surface area contributed by atoms with Crippen LogP contribution in [-0.2, 0) is 0 Å². The molecule has 0 bridgehead atoms. The van der Waals surface area contributed by atoms with Gasteiger partial charge in [0.2, 0.25) is 12.3 Å². The van der Waals surface area contributed by atoms with E-state index < -0.39 is 0 Å². The summed E-state index contributed by atoms with van der Waals surface area (Å²) in [5.41, 5.74) is 1.92. The van der Waals surface area contributed by atoms with E-state index in [0.717, 1.165) is 5.56 Å². The van der Waals surface area contributed by atoms with E-state index in [2.05, 4.69) is 36.4 Å². The van der Waals surface area contributed by atoms with Crippen molar-refractivity contribution in [2.45, 2.75) is 0 Å². The summed E-state index contributed by atoms with van der Waals surface area (Å²) >= 11 is 3.25. The summed E-state index contributed by atoms with van der Waals surface area (Å²) in [5, 5.41) is 10.2. The molecule has 1 N–H and O–H groups in total. The molecule has 6 nitrogen and oxygen atoms in total. The third-order valence-electron chi connectivity index (χ3n) is 2.75. The number of hydrogen-bond acceptors (Lipinski definition) is 5. The molecule has 1 aromatic carbocycles. The lowest BCUT2D eigenvalue weighted by Crippen LogP contribution is -2.12. The number of halogens is 1. The van der Waals surface area contributed by atoms with E-state index in [0.29, 0.717) is 21.7 Å². The predicted octanol–water partition coefficient (Wildman–Crippen LogP) is 3.15. The molecule has 2 aromatic heterocycles. The van der Waals surface area contributed by atoms with Crippen molar-refractivity contribution in [2.24, 2.45) is 0 Å². The first kappa shape index (κ1) is 13.4. The molecule has 0 fully saturated rings. The Hall–Kier alpha value is -2.54. The summed E-state index contributed by atoms with van der Waals surface area (Å²) in [4.78, 5) is 16.1.